The standard InChI is InChI=1S/C30H35N9O2S/c1-21-17-26(34-28(31-21)38-11-6-7-12-38)37-13-8-14-39(16-15-37)29-32-23(18-24-27(40)35-30(41)42-24)19-25(33-29)36(2)20-22-9-4-3-5-10-22/h3-5,9-10,17-19H,6-8,11-16,20H2,1-2H3,(H,35,40,41)/b24-18-. The van der Waals surface area contributed by atoms with Gasteiger partial charge in [0.05, 0.1) is 10.6 Å². The van der Waals surface area contributed by atoms with Gasteiger partial charge in [0.1, 0.15) is 11.6 Å². The molecule has 0 spiro atoms. The topological polar surface area (TPSA) is 111 Å². The Balaban J connectivity index is 1.25. The van der Waals surface area contributed by atoms with Crippen molar-refractivity contribution in [2.45, 2.75) is 32.7 Å². The minimum absolute atomic E-state index is 0.330. The monoisotopic (exact) mass is 585 g/mol. The first-order valence-electron chi connectivity index (χ1n) is 14.4. The van der Waals surface area contributed by atoms with Gasteiger partial charge in [-0.1, -0.05) is 30.3 Å². The summed E-state index contributed by atoms with van der Waals surface area (Å²) in [6.07, 6.45) is 4.95. The number of nitrogens with zero attached hydrogens (tertiary/aromatic N) is 8. The molecule has 1 N–H and O–H groups in total. The number of thioether (sulfide) groups is 1. The number of hydrogen-bond acceptors (Lipinski definition) is 11. The van der Waals surface area contributed by atoms with Crippen LogP contribution >= 0.6 is 11.8 Å². The molecule has 2 aromatic heterocycles. The van der Waals surface area contributed by atoms with Crippen molar-refractivity contribution in [1.29, 1.82) is 0 Å². The average Bonchev–Trinajstić information content (AvgIpc) is 3.55. The van der Waals surface area contributed by atoms with Crippen LogP contribution in [-0.2, 0) is 11.3 Å². The molecule has 218 valence electrons. The van der Waals surface area contributed by atoms with Crippen molar-refractivity contribution < 1.29 is 9.59 Å². The Kier molecular flexibility index (Phi) is 8.22. The number of amides is 2. The number of carbonyl (C=O) groups is 2. The quantitative estimate of drug-likeness (QED) is 0.408. The summed E-state index contributed by atoms with van der Waals surface area (Å²) in [4.78, 5) is 52.7. The van der Waals surface area contributed by atoms with Crippen LogP contribution in [0.25, 0.3) is 6.08 Å². The van der Waals surface area contributed by atoms with E-state index in [2.05, 4.69) is 43.1 Å². The van der Waals surface area contributed by atoms with Crippen molar-refractivity contribution >= 4 is 52.5 Å². The van der Waals surface area contributed by atoms with Crippen LogP contribution in [0.2, 0.25) is 0 Å². The van der Waals surface area contributed by atoms with E-state index in [4.69, 9.17) is 19.9 Å². The van der Waals surface area contributed by atoms with Gasteiger partial charge in [0, 0.05) is 70.7 Å². The Morgan fingerprint density at radius 2 is 1.55 bits per heavy atom. The van der Waals surface area contributed by atoms with Crippen molar-refractivity contribution in [3.63, 3.8) is 0 Å². The van der Waals surface area contributed by atoms with Gasteiger partial charge < -0.3 is 19.6 Å². The lowest BCUT2D eigenvalue weighted by Crippen LogP contribution is -2.33. The highest BCUT2D eigenvalue weighted by atomic mass is 32.2. The third kappa shape index (κ3) is 6.48. The number of anilines is 4. The van der Waals surface area contributed by atoms with Crippen molar-refractivity contribution in [1.82, 2.24) is 25.3 Å². The second-order valence-corrected chi connectivity index (χ2v) is 11.8. The van der Waals surface area contributed by atoms with Gasteiger partial charge in [0.25, 0.3) is 11.1 Å². The van der Waals surface area contributed by atoms with Crippen LogP contribution in [0.5, 0.6) is 0 Å². The Hall–Kier alpha value is -4.19. The van der Waals surface area contributed by atoms with E-state index in [0.717, 1.165) is 86.3 Å². The Morgan fingerprint density at radius 3 is 2.31 bits per heavy atom. The van der Waals surface area contributed by atoms with Crippen LogP contribution in [-0.4, -0.2) is 77.4 Å². The molecule has 0 aliphatic carbocycles. The van der Waals surface area contributed by atoms with Crippen molar-refractivity contribution in [2.24, 2.45) is 0 Å². The van der Waals surface area contributed by atoms with Crippen LogP contribution in [0, 0.1) is 6.92 Å². The highest BCUT2D eigenvalue weighted by Gasteiger charge is 2.26. The highest BCUT2D eigenvalue weighted by molar-refractivity contribution is 8.18. The molecule has 0 unspecified atom stereocenters. The minimum Gasteiger partial charge on any atom is -0.355 e. The van der Waals surface area contributed by atoms with E-state index in [1.54, 1.807) is 6.08 Å². The molecule has 3 fully saturated rings. The van der Waals surface area contributed by atoms with E-state index in [-0.39, 0.29) is 5.24 Å². The van der Waals surface area contributed by atoms with Crippen LogP contribution in [0.3, 0.4) is 0 Å². The largest absolute Gasteiger partial charge is 0.355 e. The number of imide groups is 1. The van der Waals surface area contributed by atoms with E-state index >= 15 is 0 Å². The second kappa shape index (κ2) is 12.4. The molecule has 6 rings (SSSR count). The van der Waals surface area contributed by atoms with Crippen molar-refractivity contribution in [3.05, 3.63) is 64.3 Å². The number of nitrogens with one attached hydrogen (secondary N) is 1. The third-order valence-corrected chi connectivity index (χ3v) is 8.43. The average molecular weight is 586 g/mol. The van der Waals surface area contributed by atoms with Gasteiger partial charge >= 0.3 is 0 Å². The fourth-order valence-electron chi connectivity index (χ4n) is 5.45. The summed E-state index contributed by atoms with van der Waals surface area (Å²) in [7, 11) is 2.00. The predicted octanol–water partition coefficient (Wildman–Crippen LogP) is 3.85. The molecule has 42 heavy (non-hydrogen) atoms. The Bertz CT molecular complexity index is 1490. The van der Waals surface area contributed by atoms with Crippen LogP contribution in [0.1, 0.15) is 36.2 Å². The molecule has 3 saturated heterocycles. The highest BCUT2D eigenvalue weighted by Crippen LogP contribution is 2.28. The molecule has 12 heteroatoms. The Morgan fingerprint density at radius 1 is 0.857 bits per heavy atom. The van der Waals surface area contributed by atoms with Crippen LogP contribution < -0.4 is 24.9 Å². The molecule has 3 aromatic rings. The molecule has 0 bridgehead atoms. The number of aryl methyl sites for hydroxylation is 1. The van der Waals surface area contributed by atoms with E-state index in [1.807, 2.05) is 38.2 Å². The molecule has 1 aromatic carbocycles. The van der Waals surface area contributed by atoms with Crippen LogP contribution in [0.4, 0.5) is 28.3 Å². The van der Waals surface area contributed by atoms with Gasteiger partial charge in [-0.05, 0) is 49.6 Å². The number of rotatable bonds is 7. The normalized spacial score (nSPS) is 18.5. The maximum absolute atomic E-state index is 12.3. The van der Waals surface area contributed by atoms with Gasteiger partial charge in [0.2, 0.25) is 11.9 Å². The van der Waals surface area contributed by atoms with E-state index in [1.165, 1.54) is 12.8 Å². The first kappa shape index (κ1) is 28.0. The second-order valence-electron chi connectivity index (χ2n) is 10.8. The molecule has 2 amide bonds. The lowest BCUT2D eigenvalue weighted by molar-refractivity contribution is -0.115. The van der Waals surface area contributed by atoms with Gasteiger partial charge in [-0.3, -0.25) is 14.9 Å². The minimum atomic E-state index is -0.400. The number of benzene rings is 1. The smallest absolute Gasteiger partial charge is 0.290 e. The zero-order chi connectivity index (χ0) is 29.1. The summed E-state index contributed by atoms with van der Waals surface area (Å²) < 4.78 is 0. The first-order valence-corrected chi connectivity index (χ1v) is 15.2. The summed E-state index contributed by atoms with van der Waals surface area (Å²) in [5.41, 5.74) is 2.73. The summed E-state index contributed by atoms with van der Waals surface area (Å²) >= 11 is 0.891. The van der Waals surface area contributed by atoms with E-state index in [0.29, 0.717) is 23.1 Å². The van der Waals surface area contributed by atoms with Gasteiger partial charge in [-0.15, -0.1) is 0 Å². The molecule has 0 saturated carbocycles. The molecule has 5 heterocycles. The van der Waals surface area contributed by atoms with Gasteiger partial charge in [-0.2, -0.15) is 9.97 Å². The fraction of sp³-hybridized carbons (Fsp3) is 0.400. The molecule has 3 aliphatic heterocycles. The SMILES string of the molecule is Cc1cc(N2CCCN(c3nc(/C=C4\SC(=O)NC4=O)cc(N(C)Cc4ccccc4)n3)CC2)nc(N2CCCC2)n1. The molecular weight excluding hydrogens is 550 g/mol. The molecule has 3 aliphatic rings. The van der Waals surface area contributed by atoms with E-state index < -0.39 is 5.91 Å². The lowest BCUT2D eigenvalue weighted by Gasteiger charge is -2.25. The predicted molar refractivity (Wildman–Crippen MR) is 167 cm³/mol. The van der Waals surface area contributed by atoms with Gasteiger partial charge in [0.15, 0.2) is 0 Å². The Labute approximate surface area is 250 Å². The van der Waals surface area contributed by atoms with Crippen LogP contribution in [0.15, 0.2) is 47.4 Å². The maximum atomic E-state index is 12.3. The summed E-state index contributed by atoms with van der Waals surface area (Å²) in [5.74, 6) is 2.73. The number of carbonyl (C=O) groups excluding carboxylic acids is 2. The molecular formula is C30H35N9O2S. The maximum Gasteiger partial charge on any atom is 0.290 e. The summed E-state index contributed by atoms with van der Waals surface area (Å²) in [6, 6.07) is 14.1. The molecule has 11 nitrogen and oxygen atoms in total. The van der Waals surface area contributed by atoms with Gasteiger partial charge in [-0.25, -0.2) is 9.97 Å². The molecule has 0 radical (unpaired) electrons. The zero-order valence-electron chi connectivity index (χ0n) is 24.0. The number of hydrogen-bond donors (Lipinski definition) is 1. The number of aromatic nitrogens is 4. The fourth-order valence-corrected chi connectivity index (χ4v) is 6.11. The van der Waals surface area contributed by atoms with Crippen molar-refractivity contribution in [2.75, 3.05) is 65.9 Å². The van der Waals surface area contributed by atoms with Crippen molar-refractivity contribution in [3.8, 4) is 0 Å². The zero-order valence-corrected chi connectivity index (χ0v) is 24.8. The first-order chi connectivity index (χ1) is 20.4. The summed E-state index contributed by atoms with van der Waals surface area (Å²) in [6.45, 7) is 7.87. The summed E-state index contributed by atoms with van der Waals surface area (Å²) in [5, 5.41) is 1.95. The molecule has 0 atom stereocenters. The third-order valence-electron chi connectivity index (χ3n) is 7.62. The van der Waals surface area contributed by atoms with E-state index in [9.17, 15) is 9.59 Å². The lowest BCUT2D eigenvalue weighted by atomic mass is 10.2.